The maximum atomic E-state index is 12.9. The molecule has 0 heterocycles. The van der Waals surface area contributed by atoms with E-state index < -0.39 is 0 Å². The Morgan fingerprint density at radius 2 is 1.89 bits per heavy atom. The van der Waals surface area contributed by atoms with Gasteiger partial charge in [0.1, 0.15) is 5.82 Å². The number of nitrogens with two attached hydrogens (primary N) is 1. The van der Waals surface area contributed by atoms with Crippen LogP contribution in [0.3, 0.4) is 0 Å². The van der Waals surface area contributed by atoms with Crippen molar-refractivity contribution in [1.82, 2.24) is 0 Å². The van der Waals surface area contributed by atoms with Crippen molar-refractivity contribution in [2.45, 2.75) is 51.0 Å². The molecule has 2 rings (SSSR count). The molecule has 0 spiro atoms. The number of rotatable bonds is 5. The van der Waals surface area contributed by atoms with E-state index in [0.29, 0.717) is 6.54 Å². The van der Waals surface area contributed by atoms with Crippen LogP contribution in [-0.2, 0) is 0 Å². The van der Waals surface area contributed by atoms with Crippen LogP contribution in [0.1, 0.15) is 45.4 Å². The minimum Gasteiger partial charge on any atom is -0.378 e. The molecular weight excluding hydrogens is 239 g/mol. The third kappa shape index (κ3) is 3.69. The molecule has 106 valence electrons. The molecule has 0 saturated heterocycles. The lowest BCUT2D eigenvalue weighted by molar-refractivity contribution is 0.247. The Morgan fingerprint density at radius 1 is 1.26 bits per heavy atom. The molecule has 0 aliphatic heterocycles. The lowest BCUT2D eigenvalue weighted by Gasteiger charge is -2.41. The van der Waals surface area contributed by atoms with Gasteiger partial charge in [0.15, 0.2) is 0 Å². The molecule has 3 heteroatoms. The van der Waals surface area contributed by atoms with E-state index >= 15 is 0 Å². The predicted octanol–water partition coefficient (Wildman–Crippen LogP) is 3.93. The second kappa shape index (κ2) is 6.38. The number of hydrogen-bond acceptors (Lipinski definition) is 2. The summed E-state index contributed by atoms with van der Waals surface area (Å²) in [7, 11) is 0. The molecule has 0 unspecified atom stereocenters. The van der Waals surface area contributed by atoms with Crippen molar-refractivity contribution >= 4 is 5.69 Å². The number of anilines is 1. The second-order valence-corrected chi connectivity index (χ2v) is 5.85. The Kier molecular flexibility index (Phi) is 4.81. The zero-order valence-electron chi connectivity index (χ0n) is 11.8. The van der Waals surface area contributed by atoms with E-state index in [2.05, 4.69) is 12.2 Å². The van der Waals surface area contributed by atoms with Gasteiger partial charge in [-0.15, -0.1) is 0 Å². The summed E-state index contributed by atoms with van der Waals surface area (Å²) in [5.74, 6) is 0.665. The van der Waals surface area contributed by atoms with Gasteiger partial charge in [-0.1, -0.05) is 19.8 Å². The van der Waals surface area contributed by atoms with Crippen LogP contribution < -0.4 is 11.1 Å². The van der Waals surface area contributed by atoms with E-state index in [9.17, 15) is 4.39 Å². The summed E-state index contributed by atoms with van der Waals surface area (Å²) < 4.78 is 12.9. The van der Waals surface area contributed by atoms with E-state index in [0.717, 1.165) is 24.4 Å². The highest BCUT2D eigenvalue weighted by Crippen LogP contribution is 2.36. The van der Waals surface area contributed by atoms with Gasteiger partial charge < -0.3 is 11.1 Å². The molecule has 2 nitrogen and oxygen atoms in total. The number of halogens is 1. The van der Waals surface area contributed by atoms with E-state index in [1.165, 1.54) is 37.8 Å². The minimum atomic E-state index is -0.195. The second-order valence-electron chi connectivity index (χ2n) is 5.85. The van der Waals surface area contributed by atoms with Crippen LogP contribution in [0.5, 0.6) is 0 Å². The fraction of sp³-hybridized carbons (Fsp3) is 0.625. The standard InChI is InChI=1S/C16H25FN2/c1-2-3-13-8-10-16(12-18,11-9-13)19-15-6-4-14(17)5-7-15/h4-7,13,19H,2-3,8-12,18H2,1H3. The van der Waals surface area contributed by atoms with Crippen LogP contribution in [0.15, 0.2) is 24.3 Å². The van der Waals surface area contributed by atoms with Crippen molar-refractivity contribution in [2.24, 2.45) is 11.7 Å². The van der Waals surface area contributed by atoms with Crippen molar-refractivity contribution in [2.75, 3.05) is 11.9 Å². The first-order valence-corrected chi connectivity index (χ1v) is 7.41. The van der Waals surface area contributed by atoms with Gasteiger partial charge in [-0.25, -0.2) is 4.39 Å². The largest absolute Gasteiger partial charge is 0.378 e. The van der Waals surface area contributed by atoms with E-state index in [1.54, 1.807) is 12.1 Å². The number of benzene rings is 1. The lowest BCUT2D eigenvalue weighted by Crippen LogP contribution is -2.48. The summed E-state index contributed by atoms with van der Waals surface area (Å²) in [6, 6.07) is 6.58. The Hall–Kier alpha value is -1.09. The fourth-order valence-corrected chi connectivity index (χ4v) is 3.15. The monoisotopic (exact) mass is 264 g/mol. The van der Waals surface area contributed by atoms with Crippen LogP contribution in [-0.4, -0.2) is 12.1 Å². The van der Waals surface area contributed by atoms with E-state index in [-0.39, 0.29) is 11.4 Å². The maximum Gasteiger partial charge on any atom is 0.123 e. The first-order valence-electron chi connectivity index (χ1n) is 7.41. The van der Waals surface area contributed by atoms with Gasteiger partial charge in [-0.3, -0.25) is 0 Å². The average molecular weight is 264 g/mol. The molecule has 0 atom stereocenters. The SMILES string of the molecule is CCCC1CCC(CN)(Nc2ccc(F)cc2)CC1. The summed E-state index contributed by atoms with van der Waals surface area (Å²) in [6.07, 6.45) is 7.33. The Labute approximate surface area is 115 Å². The van der Waals surface area contributed by atoms with Crippen LogP contribution in [0.25, 0.3) is 0 Å². The van der Waals surface area contributed by atoms with Gasteiger partial charge in [0.25, 0.3) is 0 Å². The third-order valence-electron chi connectivity index (χ3n) is 4.40. The zero-order valence-corrected chi connectivity index (χ0v) is 11.8. The van der Waals surface area contributed by atoms with Crippen molar-refractivity contribution in [3.63, 3.8) is 0 Å². The first-order chi connectivity index (χ1) is 9.17. The maximum absolute atomic E-state index is 12.9. The smallest absolute Gasteiger partial charge is 0.123 e. The van der Waals surface area contributed by atoms with Gasteiger partial charge in [-0.2, -0.15) is 0 Å². The number of hydrogen-bond donors (Lipinski definition) is 2. The molecule has 0 bridgehead atoms. The molecule has 1 aliphatic carbocycles. The highest BCUT2D eigenvalue weighted by Gasteiger charge is 2.33. The summed E-state index contributed by atoms with van der Waals surface area (Å²) in [6.45, 7) is 2.89. The molecule has 0 aromatic heterocycles. The molecule has 0 amide bonds. The lowest BCUT2D eigenvalue weighted by atomic mass is 9.75. The Balaban J connectivity index is 1.98. The molecular formula is C16H25FN2. The molecule has 1 aliphatic rings. The normalized spacial score (nSPS) is 27.2. The van der Waals surface area contributed by atoms with Crippen LogP contribution >= 0.6 is 0 Å². The minimum absolute atomic E-state index is 0.00205. The van der Waals surface area contributed by atoms with Crippen molar-refractivity contribution in [1.29, 1.82) is 0 Å². The van der Waals surface area contributed by atoms with Crippen molar-refractivity contribution in [3.8, 4) is 0 Å². The predicted molar refractivity (Wildman–Crippen MR) is 78.7 cm³/mol. The van der Waals surface area contributed by atoms with Crippen molar-refractivity contribution in [3.05, 3.63) is 30.1 Å². The molecule has 19 heavy (non-hydrogen) atoms. The zero-order chi connectivity index (χ0) is 13.7. The van der Waals surface area contributed by atoms with Crippen LogP contribution in [0.2, 0.25) is 0 Å². The Bertz CT molecular complexity index is 380. The summed E-state index contributed by atoms with van der Waals surface area (Å²) >= 11 is 0. The van der Waals surface area contributed by atoms with E-state index in [1.807, 2.05) is 0 Å². The first kappa shape index (κ1) is 14.3. The summed E-state index contributed by atoms with van der Waals surface area (Å²) in [5, 5.41) is 3.54. The van der Waals surface area contributed by atoms with Crippen LogP contribution in [0, 0.1) is 11.7 Å². The highest BCUT2D eigenvalue weighted by molar-refractivity contribution is 5.45. The van der Waals surface area contributed by atoms with Crippen LogP contribution in [0.4, 0.5) is 10.1 Å². The molecule has 1 fully saturated rings. The summed E-state index contributed by atoms with van der Waals surface area (Å²) in [5.41, 5.74) is 6.97. The third-order valence-corrected chi connectivity index (χ3v) is 4.40. The van der Waals surface area contributed by atoms with Gasteiger partial charge in [0.2, 0.25) is 0 Å². The quantitative estimate of drug-likeness (QED) is 0.845. The molecule has 1 aromatic carbocycles. The average Bonchev–Trinajstić information content (AvgIpc) is 2.44. The van der Waals surface area contributed by atoms with Gasteiger partial charge in [0, 0.05) is 17.8 Å². The highest BCUT2D eigenvalue weighted by atomic mass is 19.1. The summed E-state index contributed by atoms with van der Waals surface area (Å²) in [4.78, 5) is 0. The fourth-order valence-electron chi connectivity index (χ4n) is 3.15. The molecule has 1 saturated carbocycles. The number of nitrogens with one attached hydrogen (secondary N) is 1. The van der Waals surface area contributed by atoms with Gasteiger partial charge in [0.05, 0.1) is 0 Å². The Morgan fingerprint density at radius 3 is 2.42 bits per heavy atom. The van der Waals surface area contributed by atoms with Gasteiger partial charge in [-0.05, 0) is 55.9 Å². The van der Waals surface area contributed by atoms with Crippen molar-refractivity contribution < 1.29 is 4.39 Å². The van der Waals surface area contributed by atoms with Gasteiger partial charge >= 0.3 is 0 Å². The molecule has 1 aromatic rings. The van der Waals surface area contributed by atoms with E-state index in [4.69, 9.17) is 5.73 Å². The molecule has 3 N–H and O–H groups in total. The topological polar surface area (TPSA) is 38.0 Å². The molecule has 0 radical (unpaired) electrons.